The third-order valence-corrected chi connectivity index (χ3v) is 0.659. The Kier molecular flexibility index (Phi) is 3.72. The Balaban J connectivity index is 2.83. The predicted octanol–water partition coefficient (Wildman–Crippen LogP) is 1.23. The topological polar surface area (TPSA) is 0 Å². The highest BCUT2D eigenvalue weighted by Crippen LogP contribution is 1.68. The second-order valence-electron chi connectivity index (χ2n) is 0.206. The van der Waals surface area contributed by atoms with Gasteiger partial charge in [-0.05, 0) is 10.1 Å². The monoisotopic (exact) mass is 136 g/mol. The van der Waals surface area contributed by atoms with Crippen molar-refractivity contribution in [3.8, 4) is 10.1 Å². The van der Waals surface area contributed by atoms with Crippen molar-refractivity contribution in [2.24, 2.45) is 0 Å². The van der Waals surface area contributed by atoms with Crippen LogP contribution < -0.4 is 0 Å². The van der Waals surface area contributed by atoms with Crippen molar-refractivity contribution in [2.45, 2.75) is 0 Å². The summed E-state index contributed by atoms with van der Waals surface area (Å²) in [6.07, 6.45) is 0. The fourth-order valence-corrected chi connectivity index (χ4v) is 0. The molecule has 0 aliphatic carbocycles. The van der Waals surface area contributed by atoms with E-state index in [1.165, 1.54) is 0 Å². The van der Waals surface area contributed by atoms with E-state index in [-0.39, 0.29) is 0 Å². The van der Waals surface area contributed by atoms with Gasteiger partial charge in [0, 0.05) is 15.9 Å². The van der Waals surface area contributed by atoms with E-state index in [0.717, 1.165) is 0 Å². The normalized spacial score (nSPS) is 3.50. The number of hydrogen-bond donors (Lipinski definition) is 1. The van der Waals surface area contributed by atoms with E-state index in [1.54, 1.807) is 0 Å². The second-order valence-corrected chi connectivity index (χ2v) is 0.826. The van der Waals surface area contributed by atoms with Crippen LogP contribution in [0.5, 0.6) is 0 Å². The molecule has 0 aliphatic rings. The Labute approximate surface area is 39.1 Å². The maximum absolute atomic E-state index is 3.51. The van der Waals surface area contributed by atoms with E-state index < -0.39 is 0 Å². The lowest BCUT2D eigenvalue weighted by Crippen LogP contribution is -1.11. The average Bonchev–Trinajstić information content (AvgIpc) is 1.37. The van der Waals surface area contributed by atoms with Crippen molar-refractivity contribution in [3.63, 3.8) is 0 Å². The van der Waals surface area contributed by atoms with Gasteiger partial charge in [-0.1, -0.05) is 12.6 Å². The van der Waals surface area contributed by atoms with Crippen LogP contribution in [0.15, 0.2) is 0 Å². The highest BCUT2D eigenvalue weighted by molar-refractivity contribution is 9.12. The molecule has 2 heteroatoms. The van der Waals surface area contributed by atoms with Gasteiger partial charge in [-0.15, -0.1) is 0 Å². The summed E-state index contributed by atoms with van der Waals surface area (Å²) in [5, 5.41) is 2.29. The van der Waals surface area contributed by atoms with Crippen molar-refractivity contribution in [1.82, 2.24) is 0 Å². The van der Waals surface area contributed by atoms with E-state index in [2.05, 4.69) is 38.6 Å². The Morgan fingerprint density at radius 2 is 2.00 bits per heavy atom. The summed E-state index contributed by atoms with van der Waals surface area (Å²) in [4.78, 5) is 2.36. The molecule has 0 bridgehead atoms. The van der Waals surface area contributed by atoms with Gasteiger partial charge in [0.15, 0.2) is 0 Å². The molecule has 0 spiro atoms. The highest BCUT2D eigenvalue weighted by Gasteiger charge is 1.31. The van der Waals surface area contributed by atoms with Crippen LogP contribution in [0.2, 0.25) is 0 Å². The molecule has 22 valence electrons. The zero-order valence-electron chi connectivity index (χ0n) is 1.83. The molecular formula is C2HBrS. The van der Waals surface area contributed by atoms with Gasteiger partial charge in [-0.2, -0.15) is 0 Å². The minimum absolute atomic E-state index is 2.29. The molecule has 4 heavy (non-hydrogen) atoms. The summed E-state index contributed by atoms with van der Waals surface area (Å²) >= 11 is 6.32. The van der Waals surface area contributed by atoms with Crippen molar-refractivity contribution in [1.29, 1.82) is 0 Å². The minimum atomic E-state index is 2.29. The first-order chi connectivity index (χ1) is 1.91. The molecule has 0 aliphatic heterocycles. The lowest BCUT2D eigenvalue weighted by Gasteiger charge is -1.36. The highest BCUT2D eigenvalue weighted by atomic mass is 79.9. The van der Waals surface area contributed by atoms with E-state index in [4.69, 9.17) is 0 Å². The standard InChI is InChI=1S/C2HBrS/c3-1-2-4/h4H. The van der Waals surface area contributed by atoms with Crippen LogP contribution in [0.3, 0.4) is 0 Å². The third kappa shape index (κ3) is 2.39. The number of hydrogen-bond acceptors (Lipinski definition) is 1. The first kappa shape index (κ1) is 4.39. The largest absolute Gasteiger partial charge is 0.0913 e. The van der Waals surface area contributed by atoms with Gasteiger partial charge >= 0.3 is 0 Å². The molecule has 0 rings (SSSR count). The van der Waals surface area contributed by atoms with Gasteiger partial charge in [0.05, 0.1) is 0 Å². The van der Waals surface area contributed by atoms with Crippen LogP contribution in [0.25, 0.3) is 0 Å². The zero-order valence-corrected chi connectivity index (χ0v) is 4.31. The summed E-state index contributed by atoms with van der Waals surface area (Å²) in [7, 11) is 0. The van der Waals surface area contributed by atoms with Crippen LogP contribution in [0.4, 0.5) is 0 Å². The maximum Gasteiger partial charge on any atom is 0.0115 e. The molecule has 0 aromatic carbocycles. The molecule has 0 N–H and O–H groups in total. The lowest BCUT2D eigenvalue weighted by molar-refractivity contribution is 3.11. The van der Waals surface area contributed by atoms with Gasteiger partial charge in [0.1, 0.15) is 0 Å². The number of thiol groups is 1. The minimum Gasteiger partial charge on any atom is -0.0913 e. The Morgan fingerprint density at radius 1 is 1.75 bits per heavy atom. The molecule has 0 aromatic rings. The van der Waals surface area contributed by atoms with Gasteiger partial charge in [0.2, 0.25) is 0 Å². The molecule has 0 saturated heterocycles. The van der Waals surface area contributed by atoms with E-state index in [0.29, 0.717) is 0 Å². The Bertz CT molecular complexity index is 42.8. The maximum atomic E-state index is 3.51. The second kappa shape index (κ2) is 3.39. The summed E-state index contributed by atoms with van der Waals surface area (Å²) in [5.74, 6) is 0. The van der Waals surface area contributed by atoms with Crippen LogP contribution in [-0.2, 0) is 0 Å². The molecule has 0 heterocycles. The first-order valence-electron chi connectivity index (χ1n) is 0.663. The van der Waals surface area contributed by atoms with Crippen molar-refractivity contribution < 1.29 is 0 Å². The fourth-order valence-electron chi connectivity index (χ4n) is 0. The summed E-state index contributed by atoms with van der Waals surface area (Å²) < 4.78 is 0. The number of halogens is 1. The molecule has 0 saturated carbocycles. The van der Waals surface area contributed by atoms with Crippen LogP contribution in [-0.4, -0.2) is 0 Å². The van der Waals surface area contributed by atoms with Crippen molar-refractivity contribution >= 4 is 28.6 Å². The molecule has 0 nitrogen and oxygen atoms in total. The molecule has 0 amide bonds. The van der Waals surface area contributed by atoms with Gasteiger partial charge in [-0.25, -0.2) is 0 Å². The average molecular weight is 137 g/mol. The fraction of sp³-hybridized carbons (Fsp3) is 0. The molecule has 0 radical (unpaired) electrons. The predicted molar refractivity (Wildman–Crippen MR) is 25.7 cm³/mol. The zero-order chi connectivity index (χ0) is 3.41. The Hall–Kier alpha value is 0.390. The summed E-state index contributed by atoms with van der Waals surface area (Å²) in [6, 6.07) is 0. The quantitative estimate of drug-likeness (QED) is 0.376. The summed E-state index contributed by atoms with van der Waals surface area (Å²) in [5.41, 5.74) is 0. The smallest absolute Gasteiger partial charge is 0.0115 e. The molecule has 0 atom stereocenters. The van der Waals surface area contributed by atoms with E-state index >= 15 is 0 Å². The van der Waals surface area contributed by atoms with Crippen LogP contribution in [0, 0.1) is 10.1 Å². The van der Waals surface area contributed by atoms with E-state index in [1.807, 2.05) is 0 Å². The van der Waals surface area contributed by atoms with Gasteiger partial charge in [-0.3, -0.25) is 0 Å². The molecule has 0 aromatic heterocycles. The molecular weight excluding hydrogens is 136 g/mol. The molecule has 0 fully saturated rings. The van der Waals surface area contributed by atoms with Crippen molar-refractivity contribution in [2.75, 3.05) is 0 Å². The van der Waals surface area contributed by atoms with Crippen molar-refractivity contribution in [3.05, 3.63) is 0 Å². The summed E-state index contributed by atoms with van der Waals surface area (Å²) in [6.45, 7) is 0. The number of rotatable bonds is 0. The first-order valence-corrected chi connectivity index (χ1v) is 1.90. The van der Waals surface area contributed by atoms with Crippen LogP contribution in [0.1, 0.15) is 0 Å². The molecule has 0 unspecified atom stereocenters. The van der Waals surface area contributed by atoms with E-state index in [9.17, 15) is 0 Å². The van der Waals surface area contributed by atoms with Crippen LogP contribution >= 0.6 is 28.6 Å². The van der Waals surface area contributed by atoms with Gasteiger partial charge in [0.25, 0.3) is 0 Å². The third-order valence-electron chi connectivity index (χ3n) is 0.0423. The lowest BCUT2D eigenvalue weighted by atomic mass is 11.4. The Morgan fingerprint density at radius 3 is 2.00 bits per heavy atom. The SMILES string of the molecule is SC#CBr. The van der Waals surface area contributed by atoms with Gasteiger partial charge < -0.3 is 0 Å².